The summed E-state index contributed by atoms with van der Waals surface area (Å²) in [5.74, 6) is -0.518. The van der Waals surface area contributed by atoms with E-state index in [0.717, 1.165) is 25.2 Å². The highest BCUT2D eigenvalue weighted by Gasteiger charge is 2.34. The Morgan fingerprint density at radius 3 is 2.62 bits per heavy atom. The Hall–Kier alpha value is -1.55. The molecule has 1 aromatic carbocycles. The fraction of sp³-hybridized carbons (Fsp3) is 0.588. The van der Waals surface area contributed by atoms with Crippen molar-refractivity contribution in [3.63, 3.8) is 0 Å². The fourth-order valence-electron chi connectivity index (χ4n) is 3.27. The van der Waals surface area contributed by atoms with Crippen LogP contribution in [-0.4, -0.2) is 36.2 Å². The highest BCUT2D eigenvalue weighted by Crippen LogP contribution is 2.37. The first-order chi connectivity index (χ1) is 10.0. The molecule has 4 heteroatoms. The molecular formula is C17H25NO3. The van der Waals surface area contributed by atoms with Gasteiger partial charge in [0.2, 0.25) is 0 Å². The Morgan fingerprint density at radius 2 is 2.10 bits per heavy atom. The van der Waals surface area contributed by atoms with Crippen molar-refractivity contribution in [2.24, 2.45) is 5.41 Å². The van der Waals surface area contributed by atoms with E-state index < -0.39 is 5.97 Å². The number of nitrogens with zero attached hydrogens (tertiary/aromatic N) is 1. The molecule has 4 nitrogen and oxygen atoms in total. The van der Waals surface area contributed by atoms with E-state index in [0.29, 0.717) is 11.2 Å². The standard InChI is InChI=1S/C17H25NO3/c1-4-17(5-2)8-9-18(12-17)11-13-6-7-15(21-3)14(10-13)16(19)20/h6-7,10H,4-5,8-9,11-12H2,1-3H3,(H,19,20). The summed E-state index contributed by atoms with van der Waals surface area (Å²) < 4.78 is 5.11. The lowest BCUT2D eigenvalue weighted by Gasteiger charge is -2.26. The minimum Gasteiger partial charge on any atom is -0.496 e. The summed E-state index contributed by atoms with van der Waals surface area (Å²) in [5, 5.41) is 9.25. The largest absolute Gasteiger partial charge is 0.496 e. The van der Waals surface area contributed by atoms with Gasteiger partial charge in [-0.3, -0.25) is 4.90 Å². The van der Waals surface area contributed by atoms with Crippen molar-refractivity contribution in [2.45, 2.75) is 39.7 Å². The van der Waals surface area contributed by atoms with Gasteiger partial charge in [0.15, 0.2) is 0 Å². The molecule has 1 fully saturated rings. The molecule has 0 bridgehead atoms. The molecule has 0 radical (unpaired) electrons. The smallest absolute Gasteiger partial charge is 0.339 e. The maximum absolute atomic E-state index is 11.3. The number of hydrogen-bond acceptors (Lipinski definition) is 3. The summed E-state index contributed by atoms with van der Waals surface area (Å²) in [4.78, 5) is 13.7. The minimum absolute atomic E-state index is 0.242. The van der Waals surface area contributed by atoms with E-state index in [1.807, 2.05) is 6.07 Å². The number of carbonyl (C=O) groups is 1. The van der Waals surface area contributed by atoms with Crippen LogP contribution in [0.4, 0.5) is 0 Å². The van der Waals surface area contributed by atoms with Crippen LogP contribution in [0.25, 0.3) is 0 Å². The molecule has 1 aliphatic heterocycles. The second kappa shape index (κ2) is 6.48. The molecule has 0 atom stereocenters. The third-order valence-electron chi connectivity index (χ3n) is 4.92. The van der Waals surface area contributed by atoms with Crippen molar-refractivity contribution >= 4 is 5.97 Å². The number of ether oxygens (including phenoxy) is 1. The normalized spacial score (nSPS) is 17.9. The van der Waals surface area contributed by atoms with Gasteiger partial charge >= 0.3 is 5.97 Å². The molecule has 116 valence electrons. The summed E-state index contributed by atoms with van der Waals surface area (Å²) in [6.07, 6.45) is 3.66. The molecule has 0 unspecified atom stereocenters. The van der Waals surface area contributed by atoms with Crippen molar-refractivity contribution in [3.8, 4) is 5.75 Å². The highest BCUT2D eigenvalue weighted by molar-refractivity contribution is 5.91. The maximum atomic E-state index is 11.3. The van der Waals surface area contributed by atoms with Crippen molar-refractivity contribution in [2.75, 3.05) is 20.2 Å². The van der Waals surface area contributed by atoms with E-state index in [1.165, 1.54) is 26.4 Å². The number of carboxylic acid groups (broad SMARTS) is 1. The molecule has 21 heavy (non-hydrogen) atoms. The zero-order valence-corrected chi connectivity index (χ0v) is 13.2. The minimum atomic E-state index is -0.938. The predicted octanol–water partition coefficient (Wildman–Crippen LogP) is 3.41. The number of hydrogen-bond donors (Lipinski definition) is 1. The average Bonchev–Trinajstić information content (AvgIpc) is 2.91. The van der Waals surface area contributed by atoms with E-state index in [-0.39, 0.29) is 5.56 Å². The first-order valence-electron chi connectivity index (χ1n) is 7.66. The predicted molar refractivity (Wildman–Crippen MR) is 82.9 cm³/mol. The van der Waals surface area contributed by atoms with Gasteiger partial charge in [0, 0.05) is 13.1 Å². The van der Waals surface area contributed by atoms with Gasteiger partial charge in [-0.2, -0.15) is 0 Å². The molecule has 0 aromatic heterocycles. The van der Waals surface area contributed by atoms with Gasteiger partial charge in [0.1, 0.15) is 11.3 Å². The van der Waals surface area contributed by atoms with Crippen LogP contribution in [0, 0.1) is 5.41 Å². The van der Waals surface area contributed by atoms with Gasteiger partial charge in [0.05, 0.1) is 7.11 Å². The van der Waals surface area contributed by atoms with Crippen LogP contribution in [0.15, 0.2) is 18.2 Å². The second-order valence-corrected chi connectivity index (χ2v) is 6.01. The second-order valence-electron chi connectivity index (χ2n) is 6.01. The van der Waals surface area contributed by atoms with Crippen molar-refractivity contribution in [1.82, 2.24) is 4.90 Å². The molecule has 1 aromatic rings. The van der Waals surface area contributed by atoms with E-state index >= 15 is 0 Å². The van der Waals surface area contributed by atoms with Gasteiger partial charge in [-0.15, -0.1) is 0 Å². The van der Waals surface area contributed by atoms with Crippen LogP contribution in [0.3, 0.4) is 0 Å². The van der Waals surface area contributed by atoms with Crippen LogP contribution in [0.2, 0.25) is 0 Å². The van der Waals surface area contributed by atoms with Gasteiger partial charge in [-0.05, 0) is 48.9 Å². The maximum Gasteiger partial charge on any atom is 0.339 e. The zero-order valence-electron chi connectivity index (χ0n) is 13.2. The van der Waals surface area contributed by atoms with Crippen molar-refractivity contribution < 1.29 is 14.6 Å². The Labute approximate surface area is 126 Å². The Balaban J connectivity index is 2.11. The number of benzene rings is 1. The van der Waals surface area contributed by atoms with Gasteiger partial charge in [-0.25, -0.2) is 4.79 Å². The third-order valence-corrected chi connectivity index (χ3v) is 4.92. The van der Waals surface area contributed by atoms with Gasteiger partial charge in [0.25, 0.3) is 0 Å². The van der Waals surface area contributed by atoms with Crippen molar-refractivity contribution in [3.05, 3.63) is 29.3 Å². The quantitative estimate of drug-likeness (QED) is 0.872. The molecule has 0 spiro atoms. The molecule has 0 saturated carbocycles. The lowest BCUT2D eigenvalue weighted by Crippen LogP contribution is -2.26. The highest BCUT2D eigenvalue weighted by atomic mass is 16.5. The molecule has 1 N–H and O–H groups in total. The lowest BCUT2D eigenvalue weighted by molar-refractivity contribution is 0.0693. The summed E-state index contributed by atoms with van der Waals surface area (Å²) in [6, 6.07) is 5.45. The number of methoxy groups -OCH3 is 1. The molecule has 1 heterocycles. The zero-order chi connectivity index (χ0) is 15.5. The van der Waals surface area contributed by atoms with Crippen LogP contribution >= 0.6 is 0 Å². The SMILES string of the molecule is CCC1(CC)CCN(Cc2ccc(OC)c(C(=O)O)c2)C1. The number of rotatable bonds is 6. The fourth-order valence-corrected chi connectivity index (χ4v) is 3.27. The number of likely N-dealkylation sites (tertiary alicyclic amines) is 1. The van der Waals surface area contributed by atoms with E-state index in [9.17, 15) is 9.90 Å². The number of aromatic carboxylic acids is 1. The molecule has 2 rings (SSSR count). The van der Waals surface area contributed by atoms with Gasteiger partial charge < -0.3 is 9.84 Å². The molecular weight excluding hydrogens is 266 g/mol. The number of carboxylic acids is 1. The van der Waals surface area contributed by atoms with Crippen LogP contribution in [0.1, 0.15) is 49.0 Å². The monoisotopic (exact) mass is 291 g/mol. The van der Waals surface area contributed by atoms with Crippen LogP contribution in [-0.2, 0) is 6.54 Å². The summed E-state index contributed by atoms with van der Waals surface area (Å²) in [7, 11) is 1.50. The lowest BCUT2D eigenvalue weighted by atomic mass is 9.82. The van der Waals surface area contributed by atoms with E-state index in [2.05, 4.69) is 18.7 Å². The molecule has 1 saturated heterocycles. The topological polar surface area (TPSA) is 49.8 Å². The summed E-state index contributed by atoms with van der Waals surface area (Å²) in [6.45, 7) is 7.54. The first kappa shape index (κ1) is 15.8. The Morgan fingerprint density at radius 1 is 1.38 bits per heavy atom. The van der Waals surface area contributed by atoms with Crippen LogP contribution in [0.5, 0.6) is 5.75 Å². The molecule has 0 aliphatic carbocycles. The Bertz CT molecular complexity index is 509. The third kappa shape index (κ3) is 3.38. The summed E-state index contributed by atoms with van der Waals surface area (Å²) >= 11 is 0. The first-order valence-corrected chi connectivity index (χ1v) is 7.66. The average molecular weight is 291 g/mol. The Kier molecular flexibility index (Phi) is 4.88. The van der Waals surface area contributed by atoms with Crippen molar-refractivity contribution in [1.29, 1.82) is 0 Å². The van der Waals surface area contributed by atoms with E-state index in [1.54, 1.807) is 12.1 Å². The molecule has 1 aliphatic rings. The van der Waals surface area contributed by atoms with Gasteiger partial charge in [-0.1, -0.05) is 19.9 Å². The van der Waals surface area contributed by atoms with E-state index in [4.69, 9.17) is 4.74 Å². The van der Waals surface area contributed by atoms with Crippen LogP contribution < -0.4 is 4.74 Å². The summed E-state index contributed by atoms with van der Waals surface area (Å²) in [5.41, 5.74) is 1.73. The molecule has 0 amide bonds.